The van der Waals surface area contributed by atoms with Gasteiger partial charge in [-0.25, -0.2) is 4.98 Å². The van der Waals surface area contributed by atoms with Gasteiger partial charge in [-0.15, -0.1) is 0 Å². The summed E-state index contributed by atoms with van der Waals surface area (Å²) in [6.07, 6.45) is 5.70. The molecule has 22 heavy (non-hydrogen) atoms. The van der Waals surface area contributed by atoms with Gasteiger partial charge in [-0.05, 0) is 43.4 Å². The van der Waals surface area contributed by atoms with Crippen molar-refractivity contribution in [3.8, 4) is 0 Å². The maximum Gasteiger partial charge on any atom is 0.226 e. The molecule has 1 aromatic heterocycles. The van der Waals surface area contributed by atoms with Crippen molar-refractivity contribution in [1.82, 2.24) is 9.88 Å². The van der Waals surface area contributed by atoms with Crippen molar-refractivity contribution in [2.45, 2.75) is 31.7 Å². The molecular formula is C17H25N3O2. The molecule has 5 nitrogen and oxygen atoms in total. The third-order valence-electron chi connectivity index (χ3n) is 4.72. The first-order valence-electron chi connectivity index (χ1n) is 8.18. The predicted molar refractivity (Wildman–Crippen MR) is 85.8 cm³/mol. The highest BCUT2D eigenvalue weighted by Gasteiger charge is 2.34. The molecule has 1 aromatic rings. The van der Waals surface area contributed by atoms with E-state index >= 15 is 0 Å². The lowest BCUT2D eigenvalue weighted by molar-refractivity contribution is -0.139. The van der Waals surface area contributed by atoms with Crippen LogP contribution in [0.5, 0.6) is 0 Å². The molecule has 0 radical (unpaired) electrons. The standard InChI is InChI=1S/C17H25N3O2/c1-19(2)16-12-14(5-8-18-16)15-4-3-9-20(15)17(21)13-6-10-22-11-7-13/h5,8,12-13,15H,3-4,6-7,9-11H2,1-2H3. The van der Waals surface area contributed by atoms with Crippen molar-refractivity contribution < 1.29 is 9.53 Å². The van der Waals surface area contributed by atoms with Crippen molar-refractivity contribution >= 4 is 11.7 Å². The Labute approximate surface area is 132 Å². The van der Waals surface area contributed by atoms with E-state index in [0.29, 0.717) is 5.91 Å². The van der Waals surface area contributed by atoms with Gasteiger partial charge in [0, 0.05) is 46.0 Å². The van der Waals surface area contributed by atoms with Crippen LogP contribution in [0.3, 0.4) is 0 Å². The van der Waals surface area contributed by atoms with Crippen LogP contribution in [-0.2, 0) is 9.53 Å². The molecule has 3 rings (SSSR count). The molecule has 1 atom stereocenters. The number of carbonyl (C=O) groups is 1. The summed E-state index contributed by atoms with van der Waals surface area (Å²) < 4.78 is 5.38. The Morgan fingerprint density at radius 1 is 1.32 bits per heavy atom. The number of hydrogen-bond donors (Lipinski definition) is 0. The van der Waals surface area contributed by atoms with Crippen LogP contribution in [-0.4, -0.2) is 49.6 Å². The minimum absolute atomic E-state index is 0.143. The molecule has 1 amide bonds. The zero-order chi connectivity index (χ0) is 15.5. The fraction of sp³-hybridized carbons (Fsp3) is 0.647. The highest BCUT2D eigenvalue weighted by Crippen LogP contribution is 2.35. The van der Waals surface area contributed by atoms with Crippen molar-refractivity contribution in [3.63, 3.8) is 0 Å². The molecule has 0 spiro atoms. The maximum absolute atomic E-state index is 12.8. The molecule has 120 valence electrons. The van der Waals surface area contributed by atoms with Gasteiger partial charge in [-0.2, -0.15) is 0 Å². The second-order valence-corrected chi connectivity index (χ2v) is 6.42. The largest absolute Gasteiger partial charge is 0.381 e. The van der Waals surface area contributed by atoms with Gasteiger partial charge in [-0.3, -0.25) is 4.79 Å². The van der Waals surface area contributed by atoms with Crippen molar-refractivity contribution in [3.05, 3.63) is 23.9 Å². The van der Waals surface area contributed by atoms with E-state index < -0.39 is 0 Å². The van der Waals surface area contributed by atoms with Crippen LogP contribution in [0, 0.1) is 5.92 Å². The summed E-state index contributed by atoms with van der Waals surface area (Å²) in [4.78, 5) is 21.3. The number of likely N-dealkylation sites (tertiary alicyclic amines) is 1. The minimum atomic E-state index is 0.143. The molecule has 0 N–H and O–H groups in total. The molecular weight excluding hydrogens is 278 g/mol. The Kier molecular flexibility index (Phi) is 4.62. The first kappa shape index (κ1) is 15.3. The summed E-state index contributed by atoms with van der Waals surface area (Å²) in [5, 5.41) is 0. The summed E-state index contributed by atoms with van der Waals surface area (Å²) in [5.74, 6) is 1.40. The van der Waals surface area contributed by atoms with Crippen LogP contribution >= 0.6 is 0 Å². The fourth-order valence-corrected chi connectivity index (χ4v) is 3.44. The number of aromatic nitrogens is 1. The minimum Gasteiger partial charge on any atom is -0.381 e. The number of pyridine rings is 1. The van der Waals surface area contributed by atoms with Crippen molar-refractivity contribution in [2.75, 3.05) is 38.8 Å². The molecule has 0 bridgehead atoms. The lowest BCUT2D eigenvalue weighted by Crippen LogP contribution is -2.38. The van der Waals surface area contributed by atoms with Crippen LogP contribution in [0.1, 0.15) is 37.3 Å². The Bertz CT molecular complexity index is 526. The van der Waals surface area contributed by atoms with Crippen LogP contribution in [0.15, 0.2) is 18.3 Å². The molecule has 2 aliphatic rings. The van der Waals surface area contributed by atoms with Gasteiger partial charge in [0.15, 0.2) is 0 Å². The lowest BCUT2D eigenvalue weighted by atomic mass is 9.97. The highest BCUT2D eigenvalue weighted by atomic mass is 16.5. The van der Waals surface area contributed by atoms with Crippen molar-refractivity contribution in [1.29, 1.82) is 0 Å². The van der Waals surface area contributed by atoms with Crippen LogP contribution in [0.4, 0.5) is 5.82 Å². The zero-order valence-corrected chi connectivity index (χ0v) is 13.5. The average molecular weight is 303 g/mol. The first-order chi connectivity index (χ1) is 10.7. The maximum atomic E-state index is 12.8. The van der Waals surface area contributed by atoms with Gasteiger partial charge in [-0.1, -0.05) is 0 Å². The highest BCUT2D eigenvalue weighted by molar-refractivity contribution is 5.79. The molecule has 3 heterocycles. The van der Waals surface area contributed by atoms with Gasteiger partial charge < -0.3 is 14.5 Å². The van der Waals surface area contributed by atoms with E-state index in [1.807, 2.05) is 31.3 Å². The van der Waals surface area contributed by atoms with E-state index in [1.165, 1.54) is 5.56 Å². The SMILES string of the molecule is CN(C)c1cc(C2CCCN2C(=O)C2CCOCC2)ccn1. The second kappa shape index (κ2) is 6.65. The van der Waals surface area contributed by atoms with E-state index in [0.717, 1.165) is 51.3 Å². The molecule has 2 aliphatic heterocycles. The number of nitrogens with zero attached hydrogens (tertiary/aromatic N) is 3. The van der Waals surface area contributed by atoms with Gasteiger partial charge in [0.2, 0.25) is 5.91 Å². The smallest absolute Gasteiger partial charge is 0.226 e. The Morgan fingerprint density at radius 3 is 2.82 bits per heavy atom. The fourth-order valence-electron chi connectivity index (χ4n) is 3.44. The quantitative estimate of drug-likeness (QED) is 0.859. The normalized spacial score (nSPS) is 22.8. The summed E-state index contributed by atoms with van der Waals surface area (Å²) in [7, 11) is 3.98. The summed E-state index contributed by atoms with van der Waals surface area (Å²) in [5.41, 5.74) is 1.21. The monoisotopic (exact) mass is 303 g/mol. The number of rotatable bonds is 3. The Morgan fingerprint density at radius 2 is 2.09 bits per heavy atom. The molecule has 0 aliphatic carbocycles. The third-order valence-corrected chi connectivity index (χ3v) is 4.72. The topological polar surface area (TPSA) is 45.7 Å². The third kappa shape index (κ3) is 3.09. The number of ether oxygens (including phenoxy) is 1. The first-order valence-corrected chi connectivity index (χ1v) is 8.18. The summed E-state index contributed by atoms with van der Waals surface area (Å²) in [6.45, 7) is 2.31. The number of carbonyl (C=O) groups excluding carboxylic acids is 1. The summed E-state index contributed by atoms with van der Waals surface area (Å²) >= 11 is 0. The van der Waals surface area contributed by atoms with Gasteiger partial charge >= 0.3 is 0 Å². The van der Waals surface area contributed by atoms with Gasteiger partial charge in [0.05, 0.1) is 6.04 Å². The summed E-state index contributed by atoms with van der Waals surface area (Å²) in [6, 6.07) is 4.37. The molecule has 2 saturated heterocycles. The molecule has 0 saturated carbocycles. The van der Waals surface area contributed by atoms with E-state index in [1.54, 1.807) is 0 Å². The Hall–Kier alpha value is -1.62. The predicted octanol–water partition coefficient (Wildman–Crippen LogP) is 2.24. The Balaban J connectivity index is 1.77. The number of anilines is 1. The van der Waals surface area contributed by atoms with Gasteiger partial charge in [0.25, 0.3) is 0 Å². The van der Waals surface area contributed by atoms with E-state index in [9.17, 15) is 4.79 Å². The van der Waals surface area contributed by atoms with Crippen LogP contribution < -0.4 is 4.90 Å². The number of hydrogen-bond acceptors (Lipinski definition) is 4. The van der Waals surface area contributed by atoms with E-state index in [-0.39, 0.29) is 12.0 Å². The lowest BCUT2D eigenvalue weighted by Gasteiger charge is -2.31. The van der Waals surface area contributed by atoms with Crippen LogP contribution in [0.2, 0.25) is 0 Å². The molecule has 0 aromatic carbocycles. The van der Waals surface area contributed by atoms with E-state index in [2.05, 4.69) is 16.0 Å². The van der Waals surface area contributed by atoms with Crippen molar-refractivity contribution in [2.24, 2.45) is 5.92 Å². The second-order valence-electron chi connectivity index (χ2n) is 6.42. The zero-order valence-electron chi connectivity index (χ0n) is 13.5. The molecule has 5 heteroatoms. The molecule has 1 unspecified atom stereocenters. The number of amides is 1. The average Bonchev–Trinajstić information content (AvgIpc) is 3.04. The molecule has 2 fully saturated rings. The van der Waals surface area contributed by atoms with Crippen LogP contribution in [0.25, 0.3) is 0 Å². The van der Waals surface area contributed by atoms with E-state index in [4.69, 9.17) is 4.74 Å². The van der Waals surface area contributed by atoms with Gasteiger partial charge in [0.1, 0.15) is 5.82 Å².